The van der Waals surface area contributed by atoms with E-state index < -0.39 is 0 Å². The van der Waals surface area contributed by atoms with Crippen molar-refractivity contribution in [2.75, 3.05) is 29.9 Å². The maximum absolute atomic E-state index is 13.1. The molecule has 2 aromatic carbocycles. The van der Waals surface area contributed by atoms with Gasteiger partial charge in [-0.05, 0) is 36.8 Å². The largest absolute Gasteiger partial charge is 0.373 e. The molecule has 0 atom stereocenters. The molecule has 26 heavy (non-hydrogen) atoms. The molecule has 1 aliphatic heterocycles. The molecule has 2 heterocycles. The van der Waals surface area contributed by atoms with Gasteiger partial charge in [0, 0.05) is 25.2 Å². The topological polar surface area (TPSA) is 54.3 Å². The van der Waals surface area contributed by atoms with Crippen LogP contribution in [0.4, 0.5) is 11.4 Å². The lowest BCUT2D eigenvalue weighted by Gasteiger charge is -2.23. The fraction of sp³-hybridized carbons (Fsp3) is 0.211. The van der Waals surface area contributed by atoms with Crippen molar-refractivity contribution < 1.29 is 4.79 Å². The summed E-state index contributed by atoms with van der Waals surface area (Å²) in [6.07, 6.45) is 2.53. The number of hydrogen-bond donors (Lipinski definition) is 0. The highest BCUT2D eigenvalue weighted by atomic mass is 35.5. The zero-order valence-corrected chi connectivity index (χ0v) is 15.1. The minimum absolute atomic E-state index is 0.175. The van der Waals surface area contributed by atoms with E-state index in [1.54, 1.807) is 15.8 Å². The molecule has 4 rings (SSSR count). The Morgan fingerprint density at radius 1 is 1.08 bits per heavy atom. The number of para-hydroxylation sites is 1. The van der Waals surface area contributed by atoms with Crippen LogP contribution >= 0.6 is 11.6 Å². The monoisotopic (exact) mass is 367 g/mol. The summed E-state index contributed by atoms with van der Waals surface area (Å²) in [6, 6.07) is 15.2. The quantitative estimate of drug-likeness (QED) is 0.696. The maximum atomic E-state index is 13.1. The molecule has 3 aromatic rings. The van der Waals surface area contributed by atoms with E-state index in [2.05, 4.69) is 15.2 Å². The molecule has 0 fully saturated rings. The van der Waals surface area contributed by atoms with Gasteiger partial charge in [0.2, 0.25) is 0 Å². The van der Waals surface area contributed by atoms with Gasteiger partial charge < -0.3 is 9.80 Å². The van der Waals surface area contributed by atoms with Crippen LogP contribution in [0, 0.1) is 0 Å². The second-order valence-electron chi connectivity index (χ2n) is 6.25. The van der Waals surface area contributed by atoms with E-state index in [4.69, 9.17) is 11.6 Å². The molecule has 0 unspecified atom stereocenters. The summed E-state index contributed by atoms with van der Waals surface area (Å²) in [5.74, 6) is -0.175. The Balaban J connectivity index is 1.69. The third-order valence-corrected chi connectivity index (χ3v) is 4.73. The number of fused-ring (bicyclic) bond motifs is 1. The van der Waals surface area contributed by atoms with Crippen molar-refractivity contribution in [1.82, 2.24) is 15.0 Å². The van der Waals surface area contributed by atoms with Crippen molar-refractivity contribution in [3.05, 3.63) is 65.4 Å². The predicted octanol–water partition coefficient (Wildman–Crippen LogP) is 3.41. The van der Waals surface area contributed by atoms with Crippen molar-refractivity contribution in [3.63, 3.8) is 0 Å². The van der Waals surface area contributed by atoms with Gasteiger partial charge in [0.05, 0.1) is 23.3 Å². The second kappa shape index (κ2) is 6.80. The Morgan fingerprint density at radius 3 is 2.69 bits per heavy atom. The Kier molecular flexibility index (Phi) is 4.34. The van der Waals surface area contributed by atoms with Crippen LogP contribution in [0.25, 0.3) is 5.69 Å². The molecule has 0 aliphatic carbocycles. The first-order valence-corrected chi connectivity index (χ1v) is 8.81. The van der Waals surface area contributed by atoms with Crippen LogP contribution < -0.4 is 9.80 Å². The third-order valence-electron chi connectivity index (χ3n) is 4.49. The molecule has 0 radical (unpaired) electrons. The lowest BCUT2D eigenvalue weighted by atomic mass is 10.2. The number of rotatable bonds is 2. The Morgan fingerprint density at radius 2 is 1.88 bits per heavy atom. The molecule has 1 amide bonds. The molecule has 132 valence electrons. The first-order chi connectivity index (χ1) is 12.6. The van der Waals surface area contributed by atoms with E-state index in [1.807, 2.05) is 55.6 Å². The summed E-state index contributed by atoms with van der Waals surface area (Å²) < 4.78 is 1.61. The van der Waals surface area contributed by atoms with Gasteiger partial charge in [-0.25, -0.2) is 4.68 Å². The summed E-state index contributed by atoms with van der Waals surface area (Å²) >= 11 is 6.19. The fourth-order valence-electron chi connectivity index (χ4n) is 3.16. The van der Waals surface area contributed by atoms with Gasteiger partial charge in [0.15, 0.2) is 5.69 Å². The molecular formula is C19H18ClN5O. The van der Waals surface area contributed by atoms with E-state index in [-0.39, 0.29) is 5.91 Å². The lowest BCUT2D eigenvalue weighted by molar-refractivity contribution is 0.0982. The van der Waals surface area contributed by atoms with Crippen LogP contribution in [0.15, 0.2) is 54.7 Å². The van der Waals surface area contributed by atoms with Gasteiger partial charge in [0.25, 0.3) is 5.91 Å². The molecule has 0 saturated heterocycles. The lowest BCUT2D eigenvalue weighted by Crippen LogP contribution is -2.31. The average molecular weight is 368 g/mol. The number of carbonyl (C=O) groups is 1. The van der Waals surface area contributed by atoms with Gasteiger partial charge in [-0.3, -0.25) is 4.79 Å². The van der Waals surface area contributed by atoms with Crippen molar-refractivity contribution >= 4 is 28.9 Å². The van der Waals surface area contributed by atoms with Crippen molar-refractivity contribution in [2.24, 2.45) is 0 Å². The zero-order chi connectivity index (χ0) is 18.1. The number of aromatic nitrogens is 3. The zero-order valence-electron chi connectivity index (χ0n) is 14.3. The predicted molar refractivity (Wildman–Crippen MR) is 102 cm³/mol. The summed E-state index contributed by atoms with van der Waals surface area (Å²) in [5.41, 5.74) is 2.95. The minimum Gasteiger partial charge on any atom is -0.373 e. The van der Waals surface area contributed by atoms with Gasteiger partial charge in [-0.2, -0.15) is 0 Å². The van der Waals surface area contributed by atoms with Crippen LogP contribution in [-0.2, 0) is 0 Å². The number of halogens is 1. The Bertz CT molecular complexity index is 940. The standard InChI is InChI=1S/C19H18ClN5O/c1-23-10-5-11-24(18-12-14(20)8-9-17(18)23)19(26)16-13-25(22-21-16)15-6-3-2-4-7-15/h2-4,6-9,12-13H,5,10-11H2,1H3. The normalized spacial score (nSPS) is 14.1. The van der Waals surface area contributed by atoms with Crippen LogP contribution in [0.2, 0.25) is 5.02 Å². The van der Waals surface area contributed by atoms with E-state index >= 15 is 0 Å². The smallest absolute Gasteiger partial charge is 0.280 e. The van der Waals surface area contributed by atoms with Gasteiger partial charge >= 0.3 is 0 Å². The van der Waals surface area contributed by atoms with Gasteiger partial charge in [0.1, 0.15) is 0 Å². The molecule has 6 nitrogen and oxygen atoms in total. The highest BCUT2D eigenvalue weighted by Gasteiger charge is 2.26. The van der Waals surface area contributed by atoms with E-state index in [0.29, 0.717) is 17.3 Å². The summed E-state index contributed by atoms with van der Waals surface area (Å²) in [4.78, 5) is 17.0. The second-order valence-corrected chi connectivity index (χ2v) is 6.69. The molecule has 7 heteroatoms. The van der Waals surface area contributed by atoms with E-state index in [9.17, 15) is 4.79 Å². The Hall–Kier alpha value is -2.86. The number of nitrogens with zero attached hydrogens (tertiary/aromatic N) is 5. The molecule has 0 saturated carbocycles. The van der Waals surface area contributed by atoms with Crippen LogP contribution in [0.1, 0.15) is 16.9 Å². The molecule has 0 N–H and O–H groups in total. The number of amides is 1. The van der Waals surface area contributed by atoms with Crippen molar-refractivity contribution in [3.8, 4) is 5.69 Å². The Labute approximate surface area is 156 Å². The first kappa shape index (κ1) is 16.6. The third kappa shape index (κ3) is 3.04. The number of benzene rings is 2. The van der Waals surface area contributed by atoms with Gasteiger partial charge in [-0.1, -0.05) is 35.0 Å². The average Bonchev–Trinajstić information content (AvgIpc) is 3.09. The highest BCUT2D eigenvalue weighted by Crippen LogP contribution is 2.34. The number of hydrogen-bond acceptors (Lipinski definition) is 4. The summed E-state index contributed by atoms with van der Waals surface area (Å²) in [5, 5.41) is 8.79. The molecular weight excluding hydrogens is 350 g/mol. The minimum atomic E-state index is -0.175. The number of carbonyl (C=O) groups excluding carboxylic acids is 1. The van der Waals surface area contributed by atoms with E-state index in [1.165, 1.54) is 0 Å². The number of anilines is 2. The molecule has 0 bridgehead atoms. The van der Waals surface area contributed by atoms with Gasteiger partial charge in [-0.15, -0.1) is 5.10 Å². The SMILES string of the molecule is CN1CCCN(C(=O)c2cn(-c3ccccc3)nn2)c2cc(Cl)ccc21. The molecule has 0 spiro atoms. The highest BCUT2D eigenvalue weighted by molar-refractivity contribution is 6.31. The first-order valence-electron chi connectivity index (χ1n) is 8.44. The van der Waals surface area contributed by atoms with Crippen LogP contribution in [0.5, 0.6) is 0 Å². The summed E-state index contributed by atoms with van der Waals surface area (Å²) in [7, 11) is 2.02. The van der Waals surface area contributed by atoms with Crippen LogP contribution in [0.3, 0.4) is 0 Å². The van der Waals surface area contributed by atoms with E-state index in [0.717, 1.165) is 30.0 Å². The maximum Gasteiger partial charge on any atom is 0.280 e. The van der Waals surface area contributed by atoms with Crippen molar-refractivity contribution in [2.45, 2.75) is 6.42 Å². The molecule has 1 aliphatic rings. The van der Waals surface area contributed by atoms with Crippen LogP contribution in [-0.4, -0.2) is 41.0 Å². The molecule has 1 aromatic heterocycles. The van der Waals surface area contributed by atoms with Crippen molar-refractivity contribution in [1.29, 1.82) is 0 Å². The summed E-state index contributed by atoms with van der Waals surface area (Å²) in [6.45, 7) is 1.48. The fourth-order valence-corrected chi connectivity index (χ4v) is 3.33.